The fraction of sp³-hybridized carbons (Fsp3) is 0.417. The maximum Gasteiger partial charge on any atom is 0.332 e. The van der Waals surface area contributed by atoms with Gasteiger partial charge in [0.05, 0.1) is 6.61 Å². The van der Waals surface area contributed by atoms with Crippen LogP contribution < -0.4 is 4.74 Å². The highest BCUT2D eigenvalue weighted by atomic mass is 31.2. The van der Waals surface area contributed by atoms with Crippen LogP contribution in [0.15, 0.2) is 30.3 Å². The highest BCUT2D eigenvalue weighted by molar-refractivity contribution is 7.52. The first kappa shape index (κ1) is 14.9. The molecule has 18 heavy (non-hydrogen) atoms. The van der Waals surface area contributed by atoms with Gasteiger partial charge in [-0.3, -0.25) is 9.36 Å². The van der Waals surface area contributed by atoms with E-state index in [9.17, 15) is 9.36 Å². The number of rotatable bonds is 7. The van der Waals surface area contributed by atoms with Crippen LogP contribution in [0.25, 0.3) is 0 Å². The number of carbonyl (C=O) groups is 1. The third-order valence-corrected chi connectivity index (χ3v) is 3.00. The van der Waals surface area contributed by atoms with E-state index in [2.05, 4.69) is 0 Å². The van der Waals surface area contributed by atoms with Gasteiger partial charge < -0.3 is 14.5 Å². The molecule has 0 bridgehead atoms. The standard InChI is InChI=1S/C12H17O5P/c1-10(7-11(13)9-18(14,15)16)8-17-12-5-3-2-4-6-12/h2-6,10H,7-9H2,1H3,(H2,14,15,16). The first-order valence-electron chi connectivity index (χ1n) is 5.61. The van der Waals surface area contributed by atoms with E-state index >= 15 is 0 Å². The Labute approximate surface area is 106 Å². The highest BCUT2D eigenvalue weighted by Gasteiger charge is 2.20. The Balaban J connectivity index is 2.32. The lowest BCUT2D eigenvalue weighted by Crippen LogP contribution is -2.15. The second-order valence-corrected chi connectivity index (χ2v) is 5.94. The molecule has 0 aromatic heterocycles. The smallest absolute Gasteiger partial charge is 0.332 e. The lowest BCUT2D eigenvalue weighted by Gasteiger charge is -2.12. The normalized spacial score (nSPS) is 13.1. The number of hydrogen-bond donors (Lipinski definition) is 2. The SMILES string of the molecule is CC(COc1ccccc1)CC(=O)CP(=O)(O)O. The van der Waals surface area contributed by atoms with E-state index in [-0.39, 0.29) is 12.3 Å². The molecule has 1 aromatic rings. The zero-order valence-electron chi connectivity index (χ0n) is 10.2. The number of Topliss-reactive ketones (excluding diaryl/α,β-unsaturated/α-hetero) is 1. The second kappa shape index (κ2) is 6.69. The van der Waals surface area contributed by atoms with E-state index in [0.29, 0.717) is 12.4 Å². The van der Waals surface area contributed by atoms with Gasteiger partial charge in [0.1, 0.15) is 17.7 Å². The summed E-state index contributed by atoms with van der Waals surface area (Å²) in [5, 5.41) is 0. The van der Waals surface area contributed by atoms with Gasteiger partial charge in [-0.15, -0.1) is 0 Å². The molecule has 1 rings (SSSR count). The van der Waals surface area contributed by atoms with Crippen molar-refractivity contribution in [3.8, 4) is 5.75 Å². The third kappa shape index (κ3) is 6.55. The van der Waals surface area contributed by atoms with Crippen LogP contribution in [0.5, 0.6) is 5.75 Å². The van der Waals surface area contributed by atoms with Crippen molar-refractivity contribution in [1.82, 2.24) is 0 Å². The fourth-order valence-electron chi connectivity index (χ4n) is 1.50. The molecule has 0 aliphatic heterocycles. The molecule has 0 saturated heterocycles. The van der Waals surface area contributed by atoms with Crippen molar-refractivity contribution in [2.45, 2.75) is 13.3 Å². The van der Waals surface area contributed by atoms with Gasteiger partial charge in [0.2, 0.25) is 0 Å². The summed E-state index contributed by atoms with van der Waals surface area (Å²) in [5.41, 5.74) is 0. The summed E-state index contributed by atoms with van der Waals surface area (Å²) in [6.45, 7) is 2.15. The van der Waals surface area contributed by atoms with Crippen LogP contribution in [0.4, 0.5) is 0 Å². The summed E-state index contributed by atoms with van der Waals surface area (Å²) in [4.78, 5) is 28.7. The van der Waals surface area contributed by atoms with E-state index in [1.807, 2.05) is 30.3 Å². The Kier molecular flexibility index (Phi) is 5.54. The van der Waals surface area contributed by atoms with Gasteiger partial charge in [-0.2, -0.15) is 0 Å². The number of para-hydroxylation sites is 1. The molecule has 0 heterocycles. The van der Waals surface area contributed by atoms with E-state index < -0.39 is 19.5 Å². The summed E-state index contributed by atoms with van der Waals surface area (Å²) in [7, 11) is -4.25. The topological polar surface area (TPSA) is 83.8 Å². The van der Waals surface area contributed by atoms with Gasteiger partial charge in [0.25, 0.3) is 0 Å². The first-order valence-corrected chi connectivity index (χ1v) is 7.40. The van der Waals surface area contributed by atoms with Gasteiger partial charge >= 0.3 is 7.60 Å². The Morgan fingerprint density at radius 1 is 1.33 bits per heavy atom. The summed E-state index contributed by atoms with van der Waals surface area (Å²) in [5.74, 6) is 0.198. The molecule has 0 saturated carbocycles. The maximum atomic E-state index is 11.3. The molecule has 1 aromatic carbocycles. The number of ether oxygens (including phenoxy) is 1. The van der Waals surface area contributed by atoms with Gasteiger partial charge in [-0.25, -0.2) is 0 Å². The average molecular weight is 272 g/mol. The minimum atomic E-state index is -4.25. The summed E-state index contributed by atoms with van der Waals surface area (Å²) < 4.78 is 16.1. The Bertz CT molecular complexity index is 425. The van der Waals surface area contributed by atoms with Gasteiger partial charge in [-0.05, 0) is 18.1 Å². The quantitative estimate of drug-likeness (QED) is 0.740. The van der Waals surface area contributed by atoms with Crippen LogP contribution >= 0.6 is 7.60 Å². The number of ketones is 1. The van der Waals surface area contributed by atoms with E-state index in [1.165, 1.54) is 0 Å². The van der Waals surface area contributed by atoms with E-state index in [1.54, 1.807) is 6.92 Å². The molecule has 100 valence electrons. The lowest BCUT2D eigenvalue weighted by atomic mass is 10.1. The largest absolute Gasteiger partial charge is 0.493 e. The predicted octanol–water partition coefficient (Wildman–Crippen LogP) is 1.84. The van der Waals surface area contributed by atoms with Gasteiger partial charge in [0.15, 0.2) is 0 Å². The summed E-state index contributed by atoms with van der Waals surface area (Å²) in [6, 6.07) is 9.19. The molecule has 2 N–H and O–H groups in total. The molecule has 0 spiro atoms. The summed E-state index contributed by atoms with van der Waals surface area (Å²) in [6.07, 6.45) is -0.583. The van der Waals surface area contributed by atoms with Gasteiger partial charge in [-0.1, -0.05) is 25.1 Å². The van der Waals surface area contributed by atoms with Crippen molar-refractivity contribution in [2.24, 2.45) is 5.92 Å². The van der Waals surface area contributed by atoms with Crippen LogP contribution in [0.1, 0.15) is 13.3 Å². The van der Waals surface area contributed by atoms with Crippen molar-refractivity contribution in [3.05, 3.63) is 30.3 Å². The van der Waals surface area contributed by atoms with Crippen LogP contribution in [-0.2, 0) is 9.36 Å². The molecular formula is C12H17O5P. The minimum absolute atomic E-state index is 0.0794. The second-order valence-electron chi connectivity index (χ2n) is 4.29. The Morgan fingerprint density at radius 2 is 1.94 bits per heavy atom. The monoisotopic (exact) mass is 272 g/mol. The van der Waals surface area contributed by atoms with Crippen molar-refractivity contribution < 1.29 is 23.9 Å². The van der Waals surface area contributed by atoms with Crippen LogP contribution in [0, 0.1) is 5.92 Å². The molecule has 0 aliphatic carbocycles. The van der Waals surface area contributed by atoms with E-state index in [0.717, 1.165) is 0 Å². The zero-order chi connectivity index (χ0) is 13.6. The van der Waals surface area contributed by atoms with Crippen LogP contribution in [0.2, 0.25) is 0 Å². The average Bonchev–Trinajstić information content (AvgIpc) is 2.25. The Hall–Kier alpha value is -1.16. The molecule has 5 nitrogen and oxygen atoms in total. The number of carbonyl (C=O) groups excluding carboxylic acids is 1. The van der Waals surface area contributed by atoms with Crippen molar-refractivity contribution in [3.63, 3.8) is 0 Å². The minimum Gasteiger partial charge on any atom is -0.493 e. The molecule has 0 fully saturated rings. The number of benzene rings is 1. The molecule has 6 heteroatoms. The Morgan fingerprint density at radius 3 is 2.50 bits per heavy atom. The molecule has 0 aliphatic rings. The predicted molar refractivity (Wildman–Crippen MR) is 67.6 cm³/mol. The van der Waals surface area contributed by atoms with Crippen LogP contribution in [0.3, 0.4) is 0 Å². The zero-order valence-corrected chi connectivity index (χ0v) is 11.0. The molecule has 0 amide bonds. The van der Waals surface area contributed by atoms with E-state index in [4.69, 9.17) is 14.5 Å². The van der Waals surface area contributed by atoms with Crippen molar-refractivity contribution in [1.29, 1.82) is 0 Å². The molecule has 1 atom stereocenters. The van der Waals surface area contributed by atoms with Crippen LogP contribution in [-0.4, -0.2) is 28.3 Å². The fourth-order valence-corrected chi connectivity index (χ4v) is 2.09. The van der Waals surface area contributed by atoms with Crippen molar-refractivity contribution in [2.75, 3.05) is 12.8 Å². The van der Waals surface area contributed by atoms with Gasteiger partial charge in [0, 0.05) is 6.42 Å². The molecular weight excluding hydrogens is 255 g/mol. The maximum absolute atomic E-state index is 11.3. The molecule has 0 radical (unpaired) electrons. The number of hydrogen-bond acceptors (Lipinski definition) is 3. The lowest BCUT2D eigenvalue weighted by molar-refractivity contribution is -0.117. The molecule has 1 unspecified atom stereocenters. The highest BCUT2D eigenvalue weighted by Crippen LogP contribution is 2.34. The third-order valence-electron chi connectivity index (χ3n) is 2.24. The first-order chi connectivity index (χ1) is 8.37. The summed E-state index contributed by atoms with van der Waals surface area (Å²) >= 11 is 0. The van der Waals surface area contributed by atoms with Crippen molar-refractivity contribution >= 4 is 13.4 Å².